The summed E-state index contributed by atoms with van der Waals surface area (Å²) in [5.74, 6) is 0.790. The van der Waals surface area contributed by atoms with Crippen LogP contribution in [0.15, 0.2) is 47.6 Å². The SMILES string of the molecule is Cl.O=S(=O)(c1ccc2c(c1)CCO2)N1CCNCC1c1cccnc1. The van der Waals surface area contributed by atoms with Gasteiger partial charge in [0.25, 0.3) is 0 Å². The molecule has 1 fully saturated rings. The maximum absolute atomic E-state index is 13.2. The lowest BCUT2D eigenvalue weighted by atomic mass is 10.1. The van der Waals surface area contributed by atoms with Gasteiger partial charge in [-0.1, -0.05) is 6.07 Å². The van der Waals surface area contributed by atoms with Crippen LogP contribution in [0.3, 0.4) is 0 Å². The first-order chi connectivity index (χ1) is 11.7. The lowest BCUT2D eigenvalue weighted by Crippen LogP contribution is -2.48. The number of nitrogens with one attached hydrogen (secondary N) is 1. The molecule has 0 amide bonds. The summed E-state index contributed by atoms with van der Waals surface area (Å²) in [5.41, 5.74) is 1.86. The number of rotatable bonds is 3. The smallest absolute Gasteiger partial charge is 0.243 e. The Hall–Kier alpha value is -1.67. The summed E-state index contributed by atoms with van der Waals surface area (Å²) < 4.78 is 33.5. The number of nitrogens with zero attached hydrogens (tertiary/aromatic N) is 2. The second-order valence-electron chi connectivity index (χ2n) is 5.99. The van der Waals surface area contributed by atoms with Crippen molar-refractivity contribution in [3.05, 3.63) is 53.9 Å². The molecule has 0 aliphatic carbocycles. The molecule has 2 aliphatic heterocycles. The molecule has 6 nitrogen and oxygen atoms in total. The third kappa shape index (κ3) is 3.37. The molecule has 25 heavy (non-hydrogen) atoms. The lowest BCUT2D eigenvalue weighted by Gasteiger charge is -2.35. The van der Waals surface area contributed by atoms with Crippen molar-refractivity contribution in [1.29, 1.82) is 0 Å². The lowest BCUT2D eigenvalue weighted by molar-refractivity contribution is 0.271. The molecule has 0 saturated carbocycles. The predicted molar refractivity (Wildman–Crippen MR) is 96.6 cm³/mol. The first-order valence-corrected chi connectivity index (χ1v) is 9.48. The van der Waals surface area contributed by atoms with E-state index in [0.717, 1.165) is 23.3 Å². The fraction of sp³-hybridized carbons (Fsp3) is 0.353. The summed E-state index contributed by atoms with van der Waals surface area (Å²) in [6, 6.07) is 8.66. The largest absolute Gasteiger partial charge is 0.493 e. The van der Waals surface area contributed by atoms with Crippen LogP contribution in [0.25, 0.3) is 0 Å². The van der Waals surface area contributed by atoms with Crippen LogP contribution in [-0.2, 0) is 16.4 Å². The molecule has 1 unspecified atom stereocenters. The Morgan fingerprint density at radius 2 is 2.16 bits per heavy atom. The first kappa shape index (κ1) is 18.1. The molecule has 1 saturated heterocycles. The quantitative estimate of drug-likeness (QED) is 0.877. The van der Waals surface area contributed by atoms with Crippen LogP contribution in [0.4, 0.5) is 0 Å². The third-order valence-corrected chi connectivity index (χ3v) is 6.44. The van der Waals surface area contributed by atoms with Crippen LogP contribution in [0.1, 0.15) is 17.2 Å². The second-order valence-corrected chi connectivity index (χ2v) is 7.88. The summed E-state index contributed by atoms with van der Waals surface area (Å²) in [4.78, 5) is 4.47. The highest BCUT2D eigenvalue weighted by Crippen LogP contribution is 2.32. The highest BCUT2D eigenvalue weighted by atomic mass is 35.5. The summed E-state index contributed by atoms with van der Waals surface area (Å²) in [5, 5.41) is 3.27. The van der Waals surface area contributed by atoms with E-state index in [-0.39, 0.29) is 18.4 Å². The zero-order valence-electron chi connectivity index (χ0n) is 13.6. The van der Waals surface area contributed by atoms with Gasteiger partial charge in [-0.2, -0.15) is 4.31 Å². The van der Waals surface area contributed by atoms with Crippen LogP contribution >= 0.6 is 12.4 Å². The number of benzene rings is 1. The molecular formula is C17H20ClN3O3S. The summed E-state index contributed by atoms with van der Waals surface area (Å²) in [6.45, 7) is 2.28. The number of fused-ring (bicyclic) bond motifs is 1. The number of pyridine rings is 1. The van der Waals surface area contributed by atoms with Crippen LogP contribution in [0.2, 0.25) is 0 Å². The maximum Gasteiger partial charge on any atom is 0.243 e. The first-order valence-electron chi connectivity index (χ1n) is 8.04. The minimum absolute atomic E-state index is 0. The van der Waals surface area contributed by atoms with Crippen LogP contribution in [0.5, 0.6) is 5.75 Å². The Balaban J connectivity index is 0.00000182. The van der Waals surface area contributed by atoms with Crippen molar-refractivity contribution >= 4 is 22.4 Å². The van der Waals surface area contributed by atoms with Crippen molar-refractivity contribution in [3.8, 4) is 5.75 Å². The summed E-state index contributed by atoms with van der Waals surface area (Å²) in [7, 11) is -3.57. The molecule has 1 aromatic heterocycles. The average molecular weight is 382 g/mol. The standard InChI is InChI=1S/C17H19N3O3S.ClH/c21-24(22,15-3-4-17-13(10-15)5-9-23-17)20-8-7-19-12-16(20)14-2-1-6-18-11-14;/h1-4,6,10-11,16,19H,5,7-9,12H2;1H. The van der Waals surface area contributed by atoms with Crippen LogP contribution in [-0.4, -0.2) is 43.9 Å². The van der Waals surface area contributed by atoms with E-state index in [1.165, 1.54) is 0 Å². The van der Waals surface area contributed by atoms with Gasteiger partial charge in [0.05, 0.1) is 17.5 Å². The molecule has 1 N–H and O–H groups in total. The number of ether oxygens (including phenoxy) is 1. The Labute approximate surface area is 153 Å². The van der Waals surface area contributed by atoms with Crippen LogP contribution in [0, 0.1) is 0 Å². The average Bonchev–Trinajstić information content (AvgIpc) is 3.10. The number of hydrogen-bond acceptors (Lipinski definition) is 5. The number of halogens is 1. The Bertz CT molecular complexity index is 845. The summed E-state index contributed by atoms with van der Waals surface area (Å²) in [6.07, 6.45) is 4.18. The topological polar surface area (TPSA) is 71.5 Å². The molecule has 2 aliphatic rings. The molecule has 8 heteroatoms. The molecular weight excluding hydrogens is 362 g/mol. The van der Waals surface area contributed by atoms with E-state index in [1.54, 1.807) is 34.9 Å². The number of piperazine rings is 1. The van der Waals surface area contributed by atoms with E-state index >= 15 is 0 Å². The van der Waals surface area contributed by atoms with Gasteiger partial charge < -0.3 is 10.1 Å². The summed E-state index contributed by atoms with van der Waals surface area (Å²) >= 11 is 0. The van der Waals surface area contributed by atoms with E-state index in [4.69, 9.17) is 4.74 Å². The fourth-order valence-corrected chi connectivity index (χ4v) is 4.95. The van der Waals surface area contributed by atoms with Gasteiger partial charge in [-0.3, -0.25) is 4.98 Å². The Kier molecular flexibility index (Phi) is 5.29. The van der Waals surface area contributed by atoms with Crippen molar-refractivity contribution in [2.45, 2.75) is 17.4 Å². The van der Waals surface area contributed by atoms with Gasteiger partial charge in [0.2, 0.25) is 10.0 Å². The zero-order valence-corrected chi connectivity index (χ0v) is 15.2. The molecule has 0 spiro atoms. The molecule has 4 rings (SSSR count). The molecule has 0 bridgehead atoms. The Morgan fingerprint density at radius 3 is 2.96 bits per heavy atom. The van der Waals surface area contributed by atoms with Crippen molar-refractivity contribution in [2.24, 2.45) is 0 Å². The van der Waals surface area contributed by atoms with E-state index in [0.29, 0.717) is 31.1 Å². The van der Waals surface area contributed by atoms with Crippen molar-refractivity contribution in [3.63, 3.8) is 0 Å². The second kappa shape index (κ2) is 7.29. The highest BCUT2D eigenvalue weighted by molar-refractivity contribution is 7.89. The van der Waals surface area contributed by atoms with Gasteiger partial charge in [0.15, 0.2) is 0 Å². The van der Waals surface area contributed by atoms with E-state index in [9.17, 15) is 8.42 Å². The Morgan fingerprint density at radius 1 is 1.28 bits per heavy atom. The minimum Gasteiger partial charge on any atom is -0.493 e. The van der Waals surface area contributed by atoms with Gasteiger partial charge in [-0.25, -0.2) is 8.42 Å². The van der Waals surface area contributed by atoms with E-state index in [1.807, 2.05) is 12.1 Å². The minimum atomic E-state index is -3.57. The van der Waals surface area contributed by atoms with Gasteiger partial charge in [-0.15, -0.1) is 12.4 Å². The molecule has 3 heterocycles. The molecule has 1 atom stereocenters. The monoisotopic (exact) mass is 381 g/mol. The van der Waals surface area contributed by atoms with Crippen LogP contribution < -0.4 is 10.1 Å². The third-order valence-electron chi connectivity index (χ3n) is 4.53. The van der Waals surface area contributed by atoms with Gasteiger partial charge in [0, 0.05) is 38.4 Å². The number of sulfonamides is 1. The highest BCUT2D eigenvalue weighted by Gasteiger charge is 2.35. The van der Waals surface area contributed by atoms with Crippen molar-refractivity contribution in [2.75, 3.05) is 26.2 Å². The maximum atomic E-state index is 13.2. The normalized spacial score (nSPS) is 20.4. The number of aromatic nitrogens is 1. The molecule has 1 aromatic carbocycles. The zero-order chi connectivity index (χ0) is 16.6. The van der Waals surface area contributed by atoms with Crippen molar-refractivity contribution < 1.29 is 13.2 Å². The van der Waals surface area contributed by atoms with E-state index < -0.39 is 10.0 Å². The molecule has 134 valence electrons. The molecule has 0 radical (unpaired) electrons. The molecule has 2 aromatic rings. The predicted octanol–water partition coefficient (Wildman–Crippen LogP) is 1.77. The van der Waals surface area contributed by atoms with Gasteiger partial charge >= 0.3 is 0 Å². The van der Waals surface area contributed by atoms with Crippen molar-refractivity contribution in [1.82, 2.24) is 14.6 Å². The van der Waals surface area contributed by atoms with Gasteiger partial charge in [-0.05, 0) is 35.4 Å². The van der Waals surface area contributed by atoms with E-state index in [2.05, 4.69) is 10.3 Å². The number of hydrogen-bond donors (Lipinski definition) is 1. The fourth-order valence-electron chi connectivity index (χ4n) is 3.29. The van der Waals surface area contributed by atoms with Gasteiger partial charge in [0.1, 0.15) is 5.75 Å².